The standard InChI is InChI=1S/C24H29F3N6O3S/c1-23(2,32-22(28)24(3,4)37(6,34)29-5)16-9-14(7-8-17(16)25)19-10-18(33-36-19)21-30-11-15(12-31-21)35-13-20(26)27/h7-12,20H,13H2,1-6H3,(H2,28,32). The number of nitrogens with two attached hydrogens (primary N) is 1. The third-order valence-corrected chi connectivity index (χ3v) is 8.77. The molecule has 37 heavy (non-hydrogen) atoms. The van der Waals surface area contributed by atoms with Crippen LogP contribution < -0.4 is 10.5 Å². The van der Waals surface area contributed by atoms with E-state index in [1.807, 2.05) is 0 Å². The van der Waals surface area contributed by atoms with Crippen LogP contribution in [0.5, 0.6) is 5.75 Å². The van der Waals surface area contributed by atoms with Crippen LogP contribution >= 0.6 is 0 Å². The summed E-state index contributed by atoms with van der Waals surface area (Å²) in [4.78, 5) is 12.7. The number of halogens is 3. The van der Waals surface area contributed by atoms with Crippen LogP contribution in [0.15, 0.2) is 50.5 Å². The molecule has 0 saturated heterocycles. The van der Waals surface area contributed by atoms with Gasteiger partial charge in [-0.2, -0.15) is 0 Å². The molecule has 13 heteroatoms. The first-order valence-corrected chi connectivity index (χ1v) is 13.1. The van der Waals surface area contributed by atoms with Crippen LogP contribution in [-0.2, 0) is 15.3 Å². The van der Waals surface area contributed by atoms with Gasteiger partial charge in [-0.05, 0) is 45.9 Å². The highest BCUT2D eigenvalue weighted by atomic mass is 32.2. The molecule has 0 aliphatic carbocycles. The predicted molar refractivity (Wildman–Crippen MR) is 136 cm³/mol. The molecule has 0 aliphatic heterocycles. The van der Waals surface area contributed by atoms with E-state index in [0.717, 1.165) is 0 Å². The SMILES string of the molecule is CN=S(C)(=O)C(C)(C)C(N)=NC(C)(C)c1cc(-c2cc(-c3ncc(OCC(F)F)cn3)no2)ccc1F. The van der Waals surface area contributed by atoms with Gasteiger partial charge in [-0.3, -0.25) is 4.99 Å². The zero-order chi connectivity index (χ0) is 27.6. The first-order chi connectivity index (χ1) is 17.2. The van der Waals surface area contributed by atoms with Crippen molar-refractivity contribution in [3.05, 3.63) is 48.0 Å². The van der Waals surface area contributed by atoms with Gasteiger partial charge in [0.15, 0.2) is 23.0 Å². The Balaban J connectivity index is 1.91. The summed E-state index contributed by atoms with van der Waals surface area (Å²) in [6.07, 6.45) is 1.39. The molecule has 1 unspecified atom stereocenters. The van der Waals surface area contributed by atoms with Crippen molar-refractivity contribution in [2.75, 3.05) is 19.9 Å². The Hall–Kier alpha value is -3.48. The lowest BCUT2D eigenvalue weighted by molar-refractivity contribution is 0.0815. The van der Waals surface area contributed by atoms with Gasteiger partial charge in [0.1, 0.15) is 23.0 Å². The van der Waals surface area contributed by atoms with Crippen molar-refractivity contribution in [3.63, 3.8) is 0 Å². The molecule has 0 spiro atoms. The third-order valence-electron chi connectivity index (χ3n) is 5.97. The molecular weight excluding hydrogens is 509 g/mol. The summed E-state index contributed by atoms with van der Waals surface area (Å²) in [6, 6.07) is 5.93. The average molecular weight is 539 g/mol. The topological polar surface area (TPSA) is 129 Å². The van der Waals surface area contributed by atoms with Crippen molar-refractivity contribution in [1.29, 1.82) is 0 Å². The van der Waals surface area contributed by atoms with Crippen LogP contribution in [0.25, 0.3) is 22.8 Å². The number of amidine groups is 1. The lowest BCUT2D eigenvalue weighted by Gasteiger charge is -2.29. The molecular formula is C24H29F3N6O3S. The van der Waals surface area contributed by atoms with Crippen molar-refractivity contribution >= 4 is 15.6 Å². The summed E-state index contributed by atoms with van der Waals surface area (Å²) in [5.41, 5.74) is 6.15. The monoisotopic (exact) mass is 538 g/mol. The highest BCUT2D eigenvalue weighted by molar-refractivity contribution is 7.95. The Morgan fingerprint density at radius 1 is 1.19 bits per heavy atom. The van der Waals surface area contributed by atoms with Gasteiger partial charge in [-0.15, -0.1) is 0 Å². The van der Waals surface area contributed by atoms with E-state index in [-0.39, 0.29) is 28.7 Å². The molecule has 0 amide bonds. The smallest absolute Gasteiger partial charge is 0.272 e. The van der Waals surface area contributed by atoms with E-state index in [1.54, 1.807) is 39.8 Å². The second-order valence-corrected chi connectivity index (χ2v) is 12.3. The highest BCUT2D eigenvalue weighted by Crippen LogP contribution is 2.33. The van der Waals surface area contributed by atoms with Crippen LogP contribution in [0.1, 0.15) is 33.3 Å². The number of benzene rings is 1. The number of hydrogen-bond acceptors (Lipinski definition) is 8. The number of aromatic nitrogens is 3. The van der Waals surface area contributed by atoms with Gasteiger partial charge in [0, 0.05) is 30.5 Å². The third kappa shape index (κ3) is 6.09. The van der Waals surface area contributed by atoms with E-state index >= 15 is 0 Å². The summed E-state index contributed by atoms with van der Waals surface area (Å²) in [6.45, 7) is 5.98. The lowest BCUT2D eigenvalue weighted by Crippen LogP contribution is -2.46. The van der Waals surface area contributed by atoms with Gasteiger partial charge in [-0.25, -0.2) is 31.7 Å². The van der Waals surface area contributed by atoms with Crippen LogP contribution in [0.4, 0.5) is 13.2 Å². The molecule has 1 atom stereocenters. The molecule has 3 aromatic rings. The van der Waals surface area contributed by atoms with E-state index in [9.17, 15) is 17.4 Å². The maximum atomic E-state index is 14.9. The van der Waals surface area contributed by atoms with Crippen molar-refractivity contribution in [2.45, 2.75) is 44.4 Å². The number of aliphatic imine (C=N–C) groups is 1. The first kappa shape index (κ1) is 28.1. The van der Waals surface area contributed by atoms with Gasteiger partial charge >= 0.3 is 0 Å². The van der Waals surface area contributed by atoms with Gasteiger partial charge < -0.3 is 15.0 Å². The molecule has 2 heterocycles. The van der Waals surface area contributed by atoms with E-state index in [4.69, 9.17) is 15.0 Å². The Morgan fingerprint density at radius 2 is 1.84 bits per heavy atom. The van der Waals surface area contributed by atoms with E-state index in [1.165, 1.54) is 37.8 Å². The molecule has 2 N–H and O–H groups in total. The molecule has 1 aromatic carbocycles. The summed E-state index contributed by atoms with van der Waals surface area (Å²) >= 11 is 0. The van der Waals surface area contributed by atoms with Crippen LogP contribution in [0.3, 0.4) is 0 Å². The van der Waals surface area contributed by atoms with Gasteiger partial charge in [0.05, 0.1) is 27.7 Å². The molecule has 0 radical (unpaired) electrons. The van der Waals surface area contributed by atoms with Crippen LogP contribution in [-0.4, -0.2) is 56.3 Å². The molecule has 0 aliphatic rings. The first-order valence-electron chi connectivity index (χ1n) is 11.1. The fourth-order valence-corrected chi connectivity index (χ4v) is 4.15. The number of nitrogens with zero attached hydrogens (tertiary/aromatic N) is 5. The van der Waals surface area contributed by atoms with E-state index in [2.05, 4.69) is 24.5 Å². The maximum absolute atomic E-state index is 14.9. The number of rotatable bonds is 9. The minimum atomic E-state index is -2.70. The molecule has 3 rings (SSSR count). The van der Waals surface area contributed by atoms with Gasteiger partial charge in [0.2, 0.25) is 0 Å². The Morgan fingerprint density at radius 3 is 2.43 bits per heavy atom. The summed E-state index contributed by atoms with van der Waals surface area (Å²) in [5, 5.41) is 3.95. The fourth-order valence-electron chi connectivity index (χ4n) is 3.26. The number of alkyl halides is 2. The second-order valence-electron chi connectivity index (χ2n) is 9.27. The Bertz CT molecular complexity index is 1410. The molecule has 200 valence electrons. The minimum absolute atomic E-state index is 0.0838. The van der Waals surface area contributed by atoms with Crippen molar-refractivity contribution in [3.8, 4) is 28.6 Å². The van der Waals surface area contributed by atoms with E-state index in [0.29, 0.717) is 11.3 Å². The molecule has 0 fully saturated rings. The van der Waals surface area contributed by atoms with Crippen molar-refractivity contribution in [2.24, 2.45) is 15.1 Å². The van der Waals surface area contributed by atoms with Gasteiger partial charge in [-0.1, -0.05) is 5.16 Å². The summed E-state index contributed by atoms with van der Waals surface area (Å²) in [7, 11) is -1.24. The lowest BCUT2D eigenvalue weighted by atomic mass is 9.92. The quantitative estimate of drug-likeness (QED) is 0.309. The molecule has 2 aromatic heterocycles. The number of ether oxygens (including phenoxy) is 1. The zero-order valence-corrected chi connectivity index (χ0v) is 22.1. The van der Waals surface area contributed by atoms with Crippen LogP contribution in [0.2, 0.25) is 0 Å². The average Bonchev–Trinajstić information content (AvgIpc) is 3.33. The minimum Gasteiger partial charge on any atom is -0.484 e. The zero-order valence-electron chi connectivity index (χ0n) is 21.3. The normalized spacial score (nSPS) is 14.5. The summed E-state index contributed by atoms with van der Waals surface area (Å²) < 4.78 is 65.6. The largest absolute Gasteiger partial charge is 0.484 e. The molecule has 9 nitrogen and oxygen atoms in total. The Kier molecular flexibility index (Phi) is 7.96. The van der Waals surface area contributed by atoms with Crippen LogP contribution in [0, 0.1) is 5.82 Å². The molecule has 0 bridgehead atoms. The molecule has 0 saturated carbocycles. The van der Waals surface area contributed by atoms with E-state index < -0.39 is 38.9 Å². The summed E-state index contributed by atoms with van der Waals surface area (Å²) in [5.74, 6) is 0.162. The number of hydrogen-bond donors (Lipinski definition) is 1. The second kappa shape index (κ2) is 10.5. The van der Waals surface area contributed by atoms with Crippen molar-refractivity contribution in [1.82, 2.24) is 15.1 Å². The maximum Gasteiger partial charge on any atom is 0.272 e. The van der Waals surface area contributed by atoms with Crippen molar-refractivity contribution < 1.29 is 26.6 Å². The predicted octanol–water partition coefficient (Wildman–Crippen LogP) is 4.68. The highest BCUT2D eigenvalue weighted by Gasteiger charge is 2.35. The fraction of sp³-hybridized carbons (Fsp3) is 0.417. The Labute approximate surface area is 213 Å². The van der Waals surface area contributed by atoms with Gasteiger partial charge in [0.25, 0.3) is 6.43 Å².